The van der Waals surface area contributed by atoms with E-state index in [0.29, 0.717) is 6.04 Å². The Morgan fingerprint density at radius 2 is 2.31 bits per heavy atom. The number of nitrogen functional groups attached to an aromatic ring is 1. The lowest BCUT2D eigenvalue weighted by Gasteiger charge is -2.33. The second kappa shape index (κ2) is 4.85. The van der Waals surface area contributed by atoms with Gasteiger partial charge in [0.2, 0.25) is 0 Å². The molecule has 16 heavy (non-hydrogen) atoms. The minimum Gasteiger partial charge on any atom is -0.398 e. The SMILES string of the molecule is COCC(C)N1CCc2c(N)cccc2C1. The van der Waals surface area contributed by atoms with Crippen LogP contribution in [0.2, 0.25) is 0 Å². The number of anilines is 1. The van der Waals surface area contributed by atoms with E-state index in [1.165, 1.54) is 11.1 Å². The van der Waals surface area contributed by atoms with E-state index in [1.54, 1.807) is 7.11 Å². The van der Waals surface area contributed by atoms with Crippen molar-refractivity contribution >= 4 is 5.69 Å². The van der Waals surface area contributed by atoms with Gasteiger partial charge in [0.05, 0.1) is 6.61 Å². The summed E-state index contributed by atoms with van der Waals surface area (Å²) in [7, 11) is 1.76. The van der Waals surface area contributed by atoms with Gasteiger partial charge in [-0.3, -0.25) is 4.90 Å². The summed E-state index contributed by atoms with van der Waals surface area (Å²) in [6.45, 7) is 5.06. The summed E-state index contributed by atoms with van der Waals surface area (Å²) < 4.78 is 5.20. The molecule has 1 aliphatic heterocycles. The summed E-state index contributed by atoms with van der Waals surface area (Å²) in [6.07, 6.45) is 1.05. The molecule has 0 bridgehead atoms. The molecule has 2 N–H and O–H groups in total. The van der Waals surface area contributed by atoms with Gasteiger partial charge in [0.15, 0.2) is 0 Å². The third-order valence-corrected chi connectivity index (χ3v) is 3.36. The molecule has 0 saturated heterocycles. The monoisotopic (exact) mass is 220 g/mol. The lowest BCUT2D eigenvalue weighted by Crippen LogP contribution is -2.40. The minimum absolute atomic E-state index is 0.472. The van der Waals surface area contributed by atoms with Gasteiger partial charge in [-0.25, -0.2) is 0 Å². The second-order valence-corrected chi connectivity index (χ2v) is 4.51. The molecule has 1 aromatic carbocycles. The molecule has 1 aliphatic rings. The number of ether oxygens (including phenoxy) is 1. The number of hydrogen-bond donors (Lipinski definition) is 1. The molecule has 0 aromatic heterocycles. The van der Waals surface area contributed by atoms with Crippen LogP contribution in [-0.4, -0.2) is 31.2 Å². The van der Waals surface area contributed by atoms with Gasteiger partial charge in [0.25, 0.3) is 0 Å². The first-order valence-electron chi connectivity index (χ1n) is 5.81. The summed E-state index contributed by atoms with van der Waals surface area (Å²) in [6, 6.07) is 6.68. The molecule has 1 heterocycles. The predicted octanol–water partition coefficient (Wildman–Crippen LogP) is 1.66. The third kappa shape index (κ3) is 2.20. The Hall–Kier alpha value is -1.06. The topological polar surface area (TPSA) is 38.5 Å². The Labute approximate surface area is 97.2 Å². The quantitative estimate of drug-likeness (QED) is 0.787. The molecule has 0 amide bonds. The molecule has 0 radical (unpaired) electrons. The number of benzene rings is 1. The largest absolute Gasteiger partial charge is 0.398 e. The van der Waals surface area contributed by atoms with Crippen molar-refractivity contribution in [3.8, 4) is 0 Å². The van der Waals surface area contributed by atoms with Crippen LogP contribution in [0.5, 0.6) is 0 Å². The molecule has 88 valence electrons. The van der Waals surface area contributed by atoms with Crippen LogP contribution >= 0.6 is 0 Å². The minimum atomic E-state index is 0.472. The van der Waals surface area contributed by atoms with Crippen molar-refractivity contribution in [1.82, 2.24) is 4.90 Å². The Bertz CT molecular complexity index is 365. The average molecular weight is 220 g/mol. The maximum atomic E-state index is 5.98. The van der Waals surface area contributed by atoms with Gasteiger partial charge in [0.1, 0.15) is 0 Å². The fraction of sp³-hybridized carbons (Fsp3) is 0.538. The normalized spacial score (nSPS) is 18.1. The molecule has 3 heteroatoms. The summed E-state index contributed by atoms with van der Waals surface area (Å²) in [5, 5.41) is 0. The highest BCUT2D eigenvalue weighted by Crippen LogP contribution is 2.25. The van der Waals surface area contributed by atoms with E-state index in [2.05, 4.69) is 17.9 Å². The van der Waals surface area contributed by atoms with Gasteiger partial charge in [-0.1, -0.05) is 12.1 Å². The highest BCUT2D eigenvalue weighted by Gasteiger charge is 2.21. The number of fused-ring (bicyclic) bond motifs is 1. The fourth-order valence-corrected chi connectivity index (χ4v) is 2.38. The maximum Gasteiger partial charge on any atom is 0.0615 e. The standard InChI is InChI=1S/C13H20N2O/c1-10(9-16-2)15-7-6-12-11(8-15)4-3-5-13(12)14/h3-5,10H,6-9,14H2,1-2H3. The zero-order valence-electron chi connectivity index (χ0n) is 10.1. The van der Waals surface area contributed by atoms with Crippen LogP contribution in [0.15, 0.2) is 18.2 Å². The number of hydrogen-bond acceptors (Lipinski definition) is 3. The van der Waals surface area contributed by atoms with Crippen LogP contribution in [-0.2, 0) is 17.7 Å². The smallest absolute Gasteiger partial charge is 0.0615 e. The lowest BCUT2D eigenvalue weighted by atomic mass is 9.97. The number of rotatable bonds is 3. The molecular formula is C13H20N2O. The summed E-state index contributed by atoms with van der Waals surface area (Å²) in [5.41, 5.74) is 9.63. The van der Waals surface area contributed by atoms with Crippen molar-refractivity contribution in [2.75, 3.05) is 26.0 Å². The molecule has 1 aromatic rings. The third-order valence-electron chi connectivity index (χ3n) is 3.36. The van der Waals surface area contributed by atoms with Gasteiger partial charge >= 0.3 is 0 Å². The molecule has 0 fully saturated rings. The zero-order chi connectivity index (χ0) is 11.5. The van der Waals surface area contributed by atoms with E-state index in [0.717, 1.165) is 31.8 Å². The van der Waals surface area contributed by atoms with E-state index >= 15 is 0 Å². The molecule has 0 aliphatic carbocycles. The Morgan fingerprint density at radius 1 is 1.50 bits per heavy atom. The first-order valence-corrected chi connectivity index (χ1v) is 5.81. The summed E-state index contributed by atoms with van der Waals surface area (Å²) in [4.78, 5) is 2.45. The van der Waals surface area contributed by atoms with Crippen molar-refractivity contribution in [2.45, 2.75) is 25.9 Å². The first kappa shape index (κ1) is 11.4. The maximum absolute atomic E-state index is 5.98. The fourth-order valence-electron chi connectivity index (χ4n) is 2.38. The lowest BCUT2D eigenvalue weighted by molar-refractivity contribution is 0.0910. The van der Waals surface area contributed by atoms with E-state index in [-0.39, 0.29) is 0 Å². The highest BCUT2D eigenvalue weighted by atomic mass is 16.5. The Morgan fingerprint density at radius 3 is 3.06 bits per heavy atom. The van der Waals surface area contributed by atoms with Crippen LogP contribution in [0.25, 0.3) is 0 Å². The average Bonchev–Trinajstić information content (AvgIpc) is 2.29. The molecular weight excluding hydrogens is 200 g/mol. The van der Waals surface area contributed by atoms with E-state index < -0.39 is 0 Å². The Kier molecular flexibility index (Phi) is 3.46. The molecule has 1 unspecified atom stereocenters. The van der Waals surface area contributed by atoms with Crippen LogP contribution in [0.1, 0.15) is 18.1 Å². The highest BCUT2D eigenvalue weighted by molar-refractivity contribution is 5.51. The molecule has 0 saturated carbocycles. The van der Waals surface area contributed by atoms with Crippen molar-refractivity contribution in [3.05, 3.63) is 29.3 Å². The van der Waals surface area contributed by atoms with Crippen LogP contribution in [0, 0.1) is 0 Å². The Balaban J connectivity index is 2.12. The van der Waals surface area contributed by atoms with E-state index in [1.807, 2.05) is 12.1 Å². The van der Waals surface area contributed by atoms with Crippen LogP contribution < -0.4 is 5.73 Å². The van der Waals surface area contributed by atoms with Crippen LogP contribution in [0.3, 0.4) is 0 Å². The zero-order valence-corrected chi connectivity index (χ0v) is 10.1. The van der Waals surface area contributed by atoms with Crippen molar-refractivity contribution in [2.24, 2.45) is 0 Å². The van der Waals surface area contributed by atoms with Gasteiger partial charge in [-0.15, -0.1) is 0 Å². The number of nitrogens with two attached hydrogens (primary N) is 1. The second-order valence-electron chi connectivity index (χ2n) is 4.51. The van der Waals surface area contributed by atoms with Gasteiger partial charge < -0.3 is 10.5 Å². The van der Waals surface area contributed by atoms with Crippen molar-refractivity contribution in [1.29, 1.82) is 0 Å². The predicted molar refractivity (Wildman–Crippen MR) is 66.3 cm³/mol. The summed E-state index contributed by atoms with van der Waals surface area (Å²) in [5.74, 6) is 0. The molecule has 0 spiro atoms. The number of methoxy groups -OCH3 is 1. The van der Waals surface area contributed by atoms with Crippen LogP contribution in [0.4, 0.5) is 5.69 Å². The first-order chi connectivity index (χ1) is 7.72. The molecule has 2 rings (SSSR count). The summed E-state index contributed by atoms with van der Waals surface area (Å²) >= 11 is 0. The van der Waals surface area contributed by atoms with Gasteiger partial charge in [0, 0.05) is 31.9 Å². The van der Waals surface area contributed by atoms with E-state index in [4.69, 9.17) is 10.5 Å². The number of nitrogens with zero attached hydrogens (tertiary/aromatic N) is 1. The van der Waals surface area contributed by atoms with E-state index in [9.17, 15) is 0 Å². The van der Waals surface area contributed by atoms with Crippen molar-refractivity contribution in [3.63, 3.8) is 0 Å². The molecule has 3 nitrogen and oxygen atoms in total. The molecule has 1 atom stereocenters. The van der Waals surface area contributed by atoms with Crippen molar-refractivity contribution < 1.29 is 4.74 Å². The van der Waals surface area contributed by atoms with Gasteiger partial charge in [-0.05, 0) is 30.5 Å². The van der Waals surface area contributed by atoms with Gasteiger partial charge in [-0.2, -0.15) is 0 Å².